The predicted octanol–water partition coefficient (Wildman–Crippen LogP) is 4.41. The minimum Gasteiger partial charge on any atom is -0.493 e. The van der Waals surface area contributed by atoms with Crippen molar-refractivity contribution in [2.75, 3.05) is 12.4 Å². The van der Waals surface area contributed by atoms with Gasteiger partial charge in [0.05, 0.1) is 12.8 Å². The molecule has 3 aromatic rings. The number of amides is 1. The molecule has 1 amide bonds. The molecule has 2 heterocycles. The minimum absolute atomic E-state index is 0.144. The van der Waals surface area contributed by atoms with Crippen LogP contribution >= 0.6 is 11.3 Å². The number of ether oxygens (including phenoxy) is 2. The highest BCUT2D eigenvalue weighted by atomic mass is 32.1. The van der Waals surface area contributed by atoms with Crippen molar-refractivity contribution in [1.29, 1.82) is 0 Å². The number of aryl methyl sites for hydroxylation is 2. The number of aromatic nitrogens is 1. The van der Waals surface area contributed by atoms with E-state index in [1.54, 1.807) is 31.4 Å². The molecule has 124 valence electrons. The third kappa shape index (κ3) is 3.41. The summed E-state index contributed by atoms with van der Waals surface area (Å²) < 4.78 is 16.3. The van der Waals surface area contributed by atoms with Crippen LogP contribution in [0.15, 0.2) is 40.8 Å². The first-order valence-electron chi connectivity index (χ1n) is 7.23. The molecule has 0 radical (unpaired) electrons. The van der Waals surface area contributed by atoms with E-state index in [2.05, 4.69) is 10.3 Å². The van der Waals surface area contributed by atoms with E-state index in [9.17, 15) is 4.79 Å². The number of carbonyl (C=O) groups excluding carboxylic acids is 1. The number of furan rings is 1. The van der Waals surface area contributed by atoms with Gasteiger partial charge in [0.25, 0.3) is 11.9 Å². The zero-order valence-electron chi connectivity index (χ0n) is 13.5. The molecule has 3 rings (SSSR count). The summed E-state index contributed by atoms with van der Waals surface area (Å²) in [6.45, 7) is 3.85. The van der Waals surface area contributed by atoms with Crippen LogP contribution in [0.5, 0.6) is 17.4 Å². The smallest absolute Gasteiger partial charge is 0.293 e. The van der Waals surface area contributed by atoms with E-state index in [0.717, 1.165) is 10.6 Å². The number of hydrogen-bond donors (Lipinski definition) is 1. The number of carbonyl (C=O) groups is 1. The molecule has 0 saturated heterocycles. The molecule has 0 aliphatic heterocycles. The molecule has 0 atom stereocenters. The summed E-state index contributed by atoms with van der Waals surface area (Å²) in [5, 5.41) is 3.25. The quantitative estimate of drug-likeness (QED) is 0.742. The summed E-state index contributed by atoms with van der Waals surface area (Å²) in [4.78, 5) is 17.5. The van der Waals surface area contributed by atoms with Gasteiger partial charge >= 0.3 is 0 Å². The van der Waals surface area contributed by atoms with Crippen LogP contribution in [0.25, 0.3) is 0 Å². The number of anilines is 1. The number of para-hydroxylation sites is 2. The number of nitrogens with zero attached hydrogens (tertiary/aromatic N) is 1. The molecule has 0 saturated carbocycles. The molecule has 0 unspecified atom stereocenters. The SMILES string of the molecule is COc1ccccc1Oc1ccc(C(=O)Nc2nc(C)c(C)s2)o1. The summed E-state index contributed by atoms with van der Waals surface area (Å²) in [6, 6.07) is 10.3. The van der Waals surface area contributed by atoms with Crippen LogP contribution in [0, 0.1) is 13.8 Å². The highest BCUT2D eigenvalue weighted by Crippen LogP contribution is 2.32. The van der Waals surface area contributed by atoms with Crippen LogP contribution < -0.4 is 14.8 Å². The lowest BCUT2D eigenvalue weighted by molar-refractivity contribution is 0.0991. The van der Waals surface area contributed by atoms with Gasteiger partial charge in [-0.1, -0.05) is 12.1 Å². The van der Waals surface area contributed by atoms with Gasteiger partial charge in [-0.2, -0.15) is 0 Å². The second kappa shape index (κ2) is 6.76. The van der Waals surface area contributed by atoms with Crippen molar-refractivity contribution >= 4 is 22.4 Å². The molecule has 0 aliphatic rings. The number of rotatable bonds is 5. The van der Waals surface area contributed by atoms with Gasteiger partial charge in [0.1, 0.15) is 0 Å². The highest BCUT2D eigenvalue weighted by Gasteiger charge is 2.15. The van der Waals surface area contributed by atoms with E-state index in [1.807, 2.05) is 26.0 Å². The van der Waals surface area contributed by atoms with E-state index in [4.69, 9.17) is 13.9 Å². The van der Waals surface area contributed by atoms with Crippen molar-refractivity contribution < 1.29 is 18.7 Å². The Morgan fingerprint density at radius 3 is 2.58 bits per heavy atom. The van der Waals surface area contributed by atoms with Crippen LogP contribution in [0.1, 0.15) is 21.1 Å². The van der Waals surface area contributed by atoms with E-state index in [0.29, 0.717) is 16.6 Å². The average Bonchev–Trinajstić information content (AvgIpc) is 3.15. The summed E-state index contributed by atoms with van der Waals surface area (Å²) in [6.07, 6.45) is 0. The molecule has 0 fully saturated rings. The number of hydrogen-bond acceptors (Lipinski definition) is 6. The number of benzene rings is 1. The molecule has 0 aliphatic carbocycles. The number of thiazole rings is 1. The lowest BCUT2D eigenvalue weighted by Gasteiger charge is -2.07. The van der Waals surface area contributed by atoms with Crippen LogP contribution in [-0.2, 0) is 0 Å². The maximum atomic E-state index is 12.2. The molecule has 1 N–H and O–H groups in total. The molecule has 24 heavy (non-hydrogen) atoms. The van der Waals surface area contributed by atoms with Gasteiger partial charge in [-0.25, -0.2) is 4.98 Å². The Hall–Kier alpha value is -2.80. The fourth-order valence-electron chi connectivity index (χ4n) is 1.99. The molecule has 2 aromatic heterocycles. The van der Waals surface area contributed by atoms with Crippen LogP contribution in [0.3, 0.4) is 0 Å². The Morgan fingerprint density at radius 1 is 1.17 bits per heavy atom. The molecule has 0 spiro atoms. The van der Waals surface area contributed by atoms with Crippen molar-refractivity contribution in [2.45, 2.75) is 13.8 Å². The second-order valence-corrected chi connectivity index (χ2v) is 6.19. The monoisotopic (exact) mass is 344 g/mol. The zero-order chi connectivity index (χ0) is 17.1. The summed E-state index contributed by atoms with van der Waals surface area (Å²) in [7, 11) is 1.56. The summed E-state index contributed by atoms with van der Waals surface area (Å²) in [5.74, 6) is 1.06. The Labute approximate surface area is 143 Å². The molecule has 6 nitrogen and oxygen atoms in total. The first-order valence-corrected chi connectivity index (χ1v) is 8.04. The van der Waals surface area contributed by atoms with Crippen molar-refractivity contribution in [3.8, 4) is 17.4 Å². The maximum Gasteiger partial charge on any atom is 0.293 e. The third-order valence-corrected chi connectivity index (χ3v) is 4.32. The van der Waals surface area contributed by atoms with Gasteiger partial charge in [-0.05, 0) is 32.0 Å². The van der Waals surface area contributed by atoms with E-state index >= 15 is 0 Å². The van der Waals surface area contributed by atoms with Gasteiger partial charge in [0.2, 0.25) is 0 Å². The Balaban J connectivity index is 1.71. The summed E-state index contributed by atoms with van der Waals surface area (Å²) in [5.41, 5.74) is 0.898. The van der Waals surface area contributed by atoms with Crippen molar-refractivity contribution in [3.05, 3.63) is 52.7 Å². The minimum atomic E-state index is -0.376. The maximum absolute atomic E-state index is 12.2. The Bertz CT molecular complexity index is 850. The lowest BCUT2D eigenvalue weighted by atomic mass is 10.3. The van der Waals surface area contributed by atoms with E-state index < -0.39 is 0 Å². The van der Waals surface area contributed by atoms with Gasteiger partial charge < -0.3 is 13.9 Å². The van der Waals surface area contributed by atoms with Crippen LogP contribution in [-0.4, -0.2) is 18.0 Å². The van der Waals surface area contributed by atoms with Crippen molar-refractivity contribution in [3.63, 3.8) is 0 Å². The first kappa shape index (κ1) is 16.1. The normalized spacial score (nSPS) is 10.5. The zero-order valence-corrected chi connectivity index (χ0v) is 14.3. The largest absolute Gasteiger partial charge is 0.493 e. The van der Waals surface area contributed by atoms with E-state index in [1.165, 1.54) is 11.3 Å². The standard InChI is InChI=1S/C17H16N2O4S/c1-10-11(2)24-17(18-10)19-16(20)14-8-9-15(23-14)22-13-7-5-4-6-12(13)21-3/h4-9H,1-3H3,(H,18,19,20). The van der Waals surface area contributed by atoms with Gasteiger partial charge in [-0.15, -0.1) is 11.3 Å². The second-order valence-electron chi connectivity index (χ2n) is 4.99. The number of nitrogens with one attached hydrogen (secondary N) is 1. The topological polar surface area (TPSA) is 73.6 Å². The molecular weight excluding hydrogens is 328 g/mol. The molecule has 1 aromatic carbocycles. The fraction of sp³-hybridized carbons (Fsp3) is 0.176. The number of methoxy groups -OCH3 is 1. The molecule has 7 heteroatoms. The fourth-order valence-corrected chi connectivity index (χ4v) is 2.80. The Kier molecular flexibility index (Phi) is 4.52. The van der Waals surface area contributed by atoms with Crippen LogP contribution in [0.4, 0.5) is 5.13 Å². The van der Waals surface area contributed by atoms with E-state index in [-0.39, 0.29) is 17.6 Å². The third-order valence-electron chi connectivity index (χ3n) is 3.33. The Morgan fingerprint density at radius 2 is 1.92 bits per heavy atom. The van der Waals surface area contributed by atoms with Crippen molar-refractivity contribution in [1.82, 2.24) is 4.98 Å². The van der Waals surface area contributed by atoms with Gasteiger partial charge in [0.15, 0.2) is 22.4 Å². The molecular formula is C17H16N2O4S. The van der Waals surface area contributed by atoms with Crippen LogP contribution in [0.2, 0.25) is 0 Å². The van der Waals surface area contributed by atoms with Gasteiger partial charge in [0, 0.05) is 10.9 Å². The molecule has 0 bridgehead atoms. The predicted molar refractivity (Wildman–Crippen MR) is 91.3 cm³/mol. The average molecular weight is 344 g/mol. The first-order chi connectivity index (χ1) is 11.6. The van der Waals surface area contributed by atoms with Crippen molar-refractivity contribution in [2.24, 2.45) is 0 Å². The van der Waals surface area contributed by atoms with Gasteiger partial charge in [-0.3, -0.25) is 10.1 Å². The lowest BCUT2D eigenvalue weighted by Crippen LogP contribution is -2.10. The highest BCUT2D eigenvalue weighted by molar-refractivity contribution is 7.15. The summed E-state index contributed by atoms with van der Waals surface area (Å²) >= 11 is 1.42.